The van der Waals surface area contributed by atoms with Crippen LogP contribution in [0.3, 0.4) is 0 Å². The van der Waals surface area contributed by atoms with E-state index in [2.05, 4.69) is 5.32 Å². The molecule has 5 heteroatoms. The van der Waals surface area contributed by atoms with Crippen LogP contribution >= 0.6 is 11.6 Å². The van der Waals surface area contributed by atoms with Gasteiger partial charge in [-0.2, -0.15) is 0 Å². The SMILES string of the molecule is O=Cc1cccc(Cl)c1NC(=O)OCc1ccccc1. The lowest BCUT2D eigenvalue weighted by Crippen LogP contribution is -2.15. The first-order valence-electron chi connectivity index (χ1n) is 5.92. The first kappa shape index (κ1) is 14.1. The van der Waals surface area contributed by atoms with Gasteiger partial charge in [-0.25, -0.2) is 4.79 Å². The molecule has 2 rings (SSSR count). The van der Waals surface area contributed by atoms with Crippen molar-refractivity contribution in [2.75, 3.05) is 5.32 Å². The fourth-order valence-electron chi connectivity index (χ4n) is 1.63. The average Bonchev–Trinajstić information content (AvgIpc) is 2.48. The van der Waals surface area contributed by atoms with E-state index in [0.717, 1.165) is 5.56 Å². The molecule has 0 aliphatic heterocycles. The molecule has 0 aliphatic carbocycles. The summed E-state index contributed by atoms with van der Waals surface area (Å²) in [5.41, 5.74) is 1.42. The third-order valence-corrected chi connectivity index (χ3v) is 2.93. The van der Waals surface area contributed by atoms with Gasteiger partial charge in [0, 0.05) is 5.56 Å². The summed E-state index contributed by atoms with van der Waals surface area (Å²) in [5, 5.41) is 2.76. The zero-order valence-electron chi connectivity index (χ0n) is 10.5. The smallest absolute Gasteiger partial charge is 0.412 e. The molecule has 0 aliphatic rings. The Hall–Kier alpha value is -2.33. The quantitative estimate of drug-likeness (QED) is 0.869. The van der Waals surface area contributed by atoms with Crippen molar-refractivity contribution in [2.24, 2.45) is 0 Å². The number of carbonyl (C=O) groups is 2. The first-order valence-corrected chi connectivity index (χ1v) is 6.30. The molecule has 1 amide bonds. The van der Waals surface area contributed by atoms with Crippen molar-refractivity contribution in [1.29, 1.82) is 0 Å². The molecule has 102 valence electrons. The van der Waals surface area contributed by atoms with Crippen LogP contribution in [0.4, 0.5) is 10.5 Å². The summed E-state index contributed by atoms with van der Waals surface area (Å²) in [6.45, 7) is 0.146. The molecule has 0 saturated carbocycles. The number of rotatable bonds is 4. The zero-order chi connectivity index (χ0) is 14.4. The van der Waals surface area contributed by atoms with Gasteiger partial charge in [-0.05, 0) is 17.7 Å². The molecule has 2 aromatic carbocycles. The van der Waals surface area contributed by atoms with Gasteiger partial charge in [0.2, 0.25) is 0 Å². The second kappa shape index (κ2) is 6.73. The van der Waals surface area contributed by atoms with Gasteiger partial charge in [-0.1, -0.05) is 48.0 Å². The second-order valence-electron chi connectivity index (χ2n) is 4.01. The fraction of sp³-hybridized carbons (Fsp3) is 0.0667. The lowest BCUT2D eigenvalue weighted by molar-refractivity contribution is 0.112. The molecule has 1 N–H and O–H groups in total. The van der Waals surface area contributed by atoms with Crippen molar-refractivity contribution in [3.63, 3.8) is 0 Å². The number of carbonyl (C=O) groups excluding carboxylic acids is 2. The maximum Gasteiger partial charge on any atom is 0.412 e. The molecule has 0 bridgehead atoms. The Balaban J connectivity index is 2.00. The Morgan fingerprint density at radius 2 is 1.90 bits per heavy atom. The lowest BCUT2D eigenvalue weighted by Gasteiger charge is -2.10. The normalized spacial score (nSPS) is 9.85. The highest BCUT2D eigenvalue weighted by molar-refractivity contribution is 6.34. The van der Waals surface area contributed by atoms with Gasteiger partial charge >= 0.3 is 6.09 Å². The van der Waals surface area contributed by atoms with E-state index in [1.807, 2.05) is 30.3 Å². The van der Waals surface area contributed by atoms with Crippen LogP contribution in [-0.4, -0.2) is 12.4 Å². The van der Waals surface area contributed by atoms with E-state index in [-0.39, 0.29) is 17.3 Å². The molecule has 20 heavy (non-hydrogen) atoms. The van der Waals surface area contributed by atoms with E-state index >= 15 is 0 Å². The van der Waals surface area contributed by atoms with Crippen LogP contribution in [0, 0.1) is 0 Å². The molecular formula is C15H12ClNO3. The Kier molecular flexibility index (Phi) is 4.74. The summed E-state index contributed by atoms with van der Waals surface area (Å²) < 4.78 is 5.06. The zero-order valence-corrected chi connectivity index (χ0v) is 11.3. The summed E-state index contributed by atoms with van der Waals surface area (Å²) >= 11 is 5.94. The van der Waals surface area contributed by atoms with E-state index < -0.39 is 6.09 Å². The van der Waals surface area contributed by atoms with Gasteiger partial charge in [-0.3, -0.25) is 10.1 Å². The van der Waals surface area contributed by atoms with Crippen molar-refractivity contribution in [3.8, 4) is 0 Å². The van der Waals surface area contributed by atoms with E-state index in [0.29, 0.717) is 11.8 Å². The molecule has 0 aromatic heterocycles. The van der Waals surface area contributed by atoms with Crippen molar-refractivity contribution in [1.82, 2.24) is 0 Å². The third kappa shape index (κ3) is 3.59. The Bertz CT molecular complexity index is 614. The number of halogens is 1. The number of anilines is 1. The van der Waals surface area contributed by atoms with Gasteiger partial charge in [0.15, 0.2) is 6.29 Å². The van der Waals surface area contributed by atoms with Gasteiger partial charge in [0.25, 0.3) is 0 Å². The van der Waals surface area contributed by atoms with E-state index in [1.165, 1.54) is 0 Å². The third-order valence-electron chi connectivity index (χ3n) is 2.61. The first-order chi connectivity index (χ1) is 9.70. The van der Waals surface area contributed by atoms with Crippen molar-refractivity contribution in [3.05, 3.63) is 64.7 Å². The topological polar surface area (TPSA) is 55.4 Å². The number of hydrogen-bond donors (Lipinski definition) is 1. The van der Waals surface area contributed by atoms with Gasteiger partial charge in [0.05, 0.1) is 10.7 Å². The minimum Gasteiger partial charge on any atom is -0.444 e. The van der Waals surface area contributed by atoms with Crippen LogP contribution in [0.2, 0.25) is 5.02 Å². The molecule has 0 heterocycles. The molecule has 0 atom stereocenters. The number of hydrogen-bond acceptors (Lipinski definition) is 3. The predicted octanol–water partition coefficient (Wildman–Crippen LogP) is 3.90. The summed E-state index contributed by atoms with van der Waals surface area (Å²) in [4.78, 5) is 22.6. The lowest BCUT2D eigenvalue weighted by atomic mass is 10.2. The fourth-order valence-corrected chi connectivity index (χ4v) is 1.86. The molecule has 0 unspecified atom stereocenters. The summed E-state index contributed by atoms with van der Waals surface area (Å²) in [5.74, 6) is 0. The number of para-hydroxylation sites is 1. The number of nitrogens with one attached hydrogen (secondary N) is 1. The minimum atomic E-state index is -0.662. The van der Waals surface area contributed by atoms with Crippen LogP contribution in [0.15, 0.2) is 48.5 Å². The highest BCUT2D eigenvalue weighted by atomic mass is 35.5. The minimum absolute atomic E-state index is 0.146. The molecule has 0 radical (unpaired) electrons. The van der Waals surface area contributed by atoms with E-state index in [9.17, 15) is 9.59 Å². The monoisotopic (exact) mass is 289 g/mol. The maximum atomic E-state index is 11.7. The van der Waals surface area contributed by atoms with Crippen molar-refractivity contribution in [2.45, 2.75) is 6.61 Å². The Morgan fingerprint density at radius 3 is 2.60 bits per heavy atom. The summed E-state index contributed by atoms with van der Waals surface area (Å²) in [6.07, 6.45) is -0.0383. The van der Waals surface area contributed by atoms with Crippen LogP contribution in [0.1, 0.15) is 15.9 Å². The standard InChI is InChI=1S/C15H12ClNO3/c16-13-8-4-7-12(9-18)14(13)17-15(19)20-10-11-5-2-1-3-6-11/h1-9H,10H2,(H,17,19). The van der Waals surface area contributed by atoms with E-state index in [1.54, 1.807) is 18.2 Å². The molecular weight excluding hydrogens is 278 g/mol. The number of amides is 1. The number of aldehydes is 1. The van der Waals surface area contributed by atoms with Crippen LogP contribution in [-0.2, 0) is 11.3 Å². The van der Waals surface area contributed by atoms with Gasteiger partial charge < -0.3 is 4.74 Å². The molecule has 0 saturated heterocycles. The maximum absolute atomic E-state index is 11.7. The Morgan fingerprint density at radius 1 is 1.15 bits per heavy atom. The molecule has 4 nitrogen and oxygen atoms in total. The van der Waals surface area contributed by atoms with Crippen LogP contribution < -0.4 is 5.32 Å². The summed E-state index contributed by atoms with van der Waals surface area (Å²) in [6, 6.07) is 14.1. The molecule has 0 fully saturated rings. The highest BCUT2D eigenvalue weighted by Crippen LogP contribution is 2.24. The molecule has 0 spiro atoms. The van der Waals surface area contributed by atoms with Crippen molar-refractivity contribution >= 4 is 29.7 Å². The van der Waals surface area contributed by atoms with Gasteiger partial charge in [0.1, 0.15) is 6.61 Å². The van der Waals surface area contributed by atoms with E-state index in [4.69, 9.17) is 16.3 Å². The van der Waals surface area contributed by atoms with Gasteiger partial charge in [-0.15, -0.1) is 0 Å². The molecule has 2 aromatic rings. The largest absolute Gasteiger partial charge is 0.444 e. The number of benzene rings is 2. The predicted molar refractivity (Wildman–Crippen MR) is 77.1 cm³/mol. The Labute approximate surface area is 121 Å². The second-order valence-corrected chi connectivity index (χ2v) is 4.42. The van der Waals surface area contributed by atoms with Crippen molar-refractivity contribution < 1.29 is 14.3 Å². The van der Waals surface area contributed by atoms with Crippen LogP contribution in [0.25, 0.3) is 0 Å². The average molecular weight is 290 g/mol. The van der Waals surface area contributed by atoms with Crippen LogP contribution in [0.5, 0.6) is 0 Å². The summed E-state index contributed by atoms with van der Waals surface area (Å²) in [7, 11) is 0. The highest BCUT2D eigenvalue weighted by Gasteiger charge is 2.11. The number of ether oxygens (including phenoxy) is 1.